The van der Waals surface area contributed by atoms with Crippen molar-refractivity contribution in [2.24, 2.45) is 0 Å². The lowest BCUT2D eigenvalue weighted by Gasteiger charge is -1.00. The fourth-order valence-corrected chi connectivity index (χ4v) is 0. The molecule has 0 unspecified atom stereocenters. The van der Waals surface area contributed by atoms with E-state index < -0.39 is 0 Å². The van der Waals surface area contributed by atoms with Gasteiger partial charge < -0.3 is 72.6 Å². The maximum Gasteiger partial charge on any atom is -0.412 e. The molecule has 11 nitrogen and oxygen atoms in total. The molecule has 0 aromatic carbocycles. The molecule has 21 N–H and O–H groups in total. The first-order valence-electron chi connectivity index (χ1n) is 0. The molecule has 0 saturated heterocycles. The molecule has 0 rings (SSSR count). The van der Waals surface area contributed by atoms with E-state index in [1.165, 1.54) is 0 Å². The topological polar surface area (TPSA) is 345 Å². The highest BCUT2D eigenvalue weighted by Crippen LogP contribution is -0.279. The second-order valence-corrected chi connectivity index (χ2v) is 0. The molecule has 0 fully saturated rings. The Bertz CT molecular complexity index is 4.97. The van der Waals surface area contributed by atoms with Gasteiger partial charge >= 0.3 is 0 Å². The van der Waals surface area contributed by atoms with Gasteiger partial charge in [-0.15, -0.1) is 0 Å². The van der Waals surface area contributed by atoms with Crippen LogP contribution in [0.2, 0.25) is 0 Å². The fourth-order valence-electron chi connectivity index (χ4n) is 0. The van der Waals surface area contributed by atoms with E-state index in [-0.39, 0.29) is 72.6 Å². The van der Waals surface area contributed by atoms with E-state index in [9.17, 15) is 0 Å². The van der Waals surface area contributed by atoms with Crippen molar-refractivity contribution in [2.45, 2.75) is 0 Å². The Morgan fingerprint density at radius 3 is 0.250 bits per heavy atom. The maximum atomic E-state index is 0. The molecule has 0 spiro atoms. The smallest absolute Gasteiger partial charge is 0.412 e. The van der Waals surface area contributed by atoms with Gasteiger partial charge in [-0.25, -0.2) is 0 Å². The summed E-state index contributed by atoms with van der Waals surface area (Å²) in [5, 5.41) is 0. The lowest BCUT2D eigenvalue weighted by Crippen LogP contribution is -3.00. The lowest BCUT2D eigenvalue weighted by atomic mass is 16.0. The van der Waals surface area contributed by atoms with Gasteiger partial charge in [-0.05, 0) is 0 Å². The van der Waals surface area contributed by atoms with E-state index in [2.05, 4.69) is 0 Å². The summed E-state index contributed by atoms with van der Waals surface area (Å²) in [6.45, 7) is 0. The normalized spacial score (nSPS) is 0. The number of rotatable bonds is 0. The van der Waals surface area contributed by atoms with Gasteiger partial charge in [0.25, 0.3) is 0 Å². The van der Waals surface area contributed by atoms with Gasteiger partial charge in [-0.1, -0.05) is 0 Å². The van der Waals surface area contributed by atoms with Crippen LogP contribution >= 0.6 is 0 Å². The van der Waals surface area contributed by atoms with Crippen LogP contribution < -0.4 is 12.4 Å². The van der Waals surface area contributed by atoms with Gasteiger partial charge in [-0.3, -0.25) is 0 Å². The molecule has 12 heavy (non-hydrogen) atoms. The minimum Gasteiger partial charge on any atom is -1.00 e. The lowest BCUT2D eigenvalue weighted by molar-refractivity contribution is -0.0000132. The van der Waals surface area contributed by atoms with Crippen LogP contribution in [0.4, 0.5) is 0 Å². The van der Waals surface area contributed by atoms with Crippen LogP contribution in [0.3, 0.4) is 0 Å². The van der Waals surface area contributed by atoms with Gasteiger partial charge in [0.15, 0.2) is 0 Å². The van der Waals surface area contributed by atoms with E-state index in [1.807, 2.05) is 0 Å². The summed E-state index contributed by atoms with van der Waals surface area (Å²) in [6, 6.07) is 0. The summed E-state index contributed by atoms with van der Waals surface area (Å²) >= 11 is 0. The average Bonchev–Trinajstić information content (AvgIpc) is 0. The van der Waals surface area contributed by atoms with E-state index in [4.69, 9.17) is 0 Å². The summed E-state index contributed by atoms with van der Waals surface area (Å²) in [5.41, 5.74) is 0. The Kier molecular flexibility index (Phi) is 242000000. The predicted octanol–water partition coefficient (Wildman–Crippen LogP) is -11.4. The molecule has 0 aliphatic carbocycles. The summed E-state index contributed by atoms with van der Waals surface area (Å²) in [5.74, 6) is 0. The SMILES string of the molecule is O.O.O.O.O.O.O.O.O.O.[Cl-].[OH-]. The van der Waals surface area contributed by atoms with Crippen LogP contribution in [-0.4, -0.2) is 60.2 Å². The standard InChI is InChI=1S/ClH.11H2O/h1H;11*1H2/p-2. The second kappa shape index (κ2) is 46800. The largest absolute Gasteiger partial charge is 1.00 e. The maximum absolute atomic E-state index is 0. The van der Waals surface area contributed by atoms with E-state index in [1.54, 1.807) is 0 Å². The monoisotopic (exact) mass is 232 g/mol. The molecule has 0 aromatic heterocycles. The molecular weight excluding hydrogens is 211 g/mol. The summed E-state index contributed by atoms with van der Waals surface area (Å²) in [7, 11) is 0. The van der Waals surface area contributed by atoms with Crippen molar-refractivity contribution in [1.82, 2.24) is 0 Å². The molecule has 0 heterocycles. The Morgan fingerprint density at radius 1 is 0.250 bits per heavy atom. The molecule has 0 bridgehead atoms. The minimum atomic E-state index is 0. The van der Waals surface area contributed by atoms with Crippen molar-refractivity contribution < 1.29 is 72.6 Å². The van der Waals surface area contributed by atoms with Crippen molar-refractivity contribution in [3.8, 4) is 0 Å². The van der Waals surface area contributed by atoms with E-state index in [0.717, 1.165) is 0 Å². The van der Waals surface area contributed by atoms with Crippen LogP contribution in [0.1, 0.15) is 0 Å². The van der Waals surface area contributed by atoms with Gasteiger partial charge in [0.05, 0.1) is 0 Å². The first-order chi connectivity index (χ1) is 0. The zero-order valence-corrected chi connectivity index (χ0v) is 6.58. The summed E-state index contributed by atoms with van der Waals surface area (Å²) < 4.78 is 0. The van der Waals surface area contributed by atoms with Crippen molar-refractivity contribution in [3.63, 3.8) is 0 Å². The highest BCUT2D eigenvalue weighted by atomic mass is 35.5. The average molecular weight is 233 g/mol. The Hall–Kier alpha value is -0.150. The van der Waals surface area contributed by atoms with E-state index >= 15 is 0 Å². The quantitative estimate of drug-likeness (QED) is 0.385. The first kappa shape index (κ1) is 62000. The highest BCUT2D eigenvalue weighted by Gasteiger charge is -0.402. The van der Waals surface area contributed by atoms with Gasteiger partial charge in [-0.2, -0.15) is 0 Å². The third-order valence-corrected chi connectivity index (χ3v) is 0. The van der Waals surface area contributed by atoms with Crippen LogP contribution in [-0.2, 0) is 0 Å². The Morgan fingerprint density at radius 2 is 0.250 bits per heavy atom. The molecular formula is H21ClO11-2. The van der Waals surface area contributed by atoms with Crippen LogP contribution in [0, 0.1) is 0 Å². The van der Waals surface area contributed by atoms with Gasteiger partial charge in [0.1, 0.15) is 0 Å². The molecule has 0 aliphatic rings. The predicted molar refractivity (Wildman–Crippen MR) is 38.1 cm³/mol. The molecule has 0 aromatic rings. The van der Waals surface area contributed by atoms with Crippen molar-refractivity contribution >= 4 is 0 Å². The minimum absolute atomic E-state index is 0. The highest BCUT2D eigenvalue weighted by molar-refractivity contribution is 0.834. The van der Waals surface area contributed by atoms with Crippen LogP contribution in [0.5, 0.6) is 0 Å². The van der Waals surface area contributed by atoms with Gasteiger partial charge in [0, 0.05) is 0 Å². The third-order valence-electron chi connectivity index (χ3n) is 0. The fraction of sp³-hybridized carbons (Fsp3) is 0. The zero-order valence-electron chi connectivity index (χ0n) is 5.83. The van der Waals surface area contributed by atoms with Crippen molar-refractivity contribution in [2.75, 3.05) is 0 Å². The third kappa shape index (κ3) is 34300. The van der Waals surface area contributed by atoms with E-state index in [0.29, 0.717) is 0 Å². The summed E-state index contributed by atoms with van der Waals surface area (Å²) in [4.78, 5) is 0. The van der Waals surface area contributed by atoms with Gasteiger partial charge in [0.2, 0.25) is 0 Å². The summed E-state index contributed by atoms with van der Waals surface area (Å²) in [6.07, 6.45) is 0. The number of hydrogen-bond donors (Lipinski definition) is 0. The first-order valence-corrected chi connectivity index (χ1v) is 0. The molecule has 0 radical (unpaired) electrons. The molecule has 0 amide bonds. The van der Waals surface area contributed by atoms with Crippen molar-refractivity contribution in [1.29, 1.82) is 0 Å². The number of hydrogen-bond acceptors (Lipinski definition) is 1. The zero-order chi connectivity index (χ0) is 0. The van der Waals surface area contributed by atoms with Crippen molar-refractivity contribution in [3.05, 3.63) is 0 Å². The Labute approximate surface area is 73.8 Å². The molecule has 12 heteroatoms. The number of halogens is 1. The molecule has 0 saturated carbocycles. The van der Waals surface area contributed by atoms with Crippen LogP contribution in [0.15, 0.2) is 0 Å². The Balaban J connectivity index is 0. The molecule has 0 atom stereocenters. The second-order valence-electron chi connectivity index (χ2n) is 0. The molecule has 0 aliphatic heterocycles. The molecule has 96 valence electrons. The van der Waals surface area contributed by atoms with Crippen LogP contribution in [0.25, 0.3) is 0 Å².